The molecule has 3 aromatic heterocycles. The van der Waals surface area contributed by atoms with Crippen LogP contribution in [0, 0.1) is 6.92 Å². The second kappa shape index (κ2) is 15.9. The molecule has 0 aliphatic carbocycles. The Bertz CT molecular complexity index is 2420. The summed E-state index contributed by atoms with van der Waals surface area (Å²) in [6.07, 6.45) is 7.83. The zero-order chi connectivity index (χ0) is 39.7. The molecule has 12 heteroatoms. The average Bonchev–Trinajstić information content (AvgIpc) is 3.89. The van der Waals surface area contributed by atoms with E-state index in [0.717, 1.165) is 83.5 Å². The monoisotopic (exact) mass is 764 g/mol. The molecule has 2 fully saturated rings. The predicted octanol–water partition coefficient (Wildman–Crippen LogP) is 6.92. The van der Waals surface area contributed by atoms with E-state index >= 15 is 0 Å². The maximum absolute atomic E-state index is 12.7. The van der Waals surface area contributed by atoms with Crippen LogP contribution in [-0.2, 0) is 28.0 Å². The predicted molar refractivity (Wildman–Crippen MR) is 216 cm³/mol. The first-order valence-electron chi connectivity index (χ1n) is 19.8. The molecule has 57 heavy (non-hydrogen) atoms. The third-order valence-electron chi connectivity index (χ3n) is 11.4. The Morgan fingerprint density at radius 2 is 1.65 bits per heavy atom. The highest BCUT2D eigenvalue weighted by Crippen LogP contribution is 2.32. The van der Waals surface area contributed by atoms with E-state index in [1.165, 1.54) is 11.1 Å². The number of carbonyl (C=O) groups excluding carboxylic acids is 3. The van der Waals surface area contributed by atoms with Gasteiger partial charge < -0.3 is 14.7 Å². The van der Waals surface area contributed by atoms with Gasteiger partial charge in [0.15, 0.2) is 0 Å². The third kappa shape index (κ3) is 8.41. The van der Waals surface area contributed by atoms with Gasteiger partial charge in [0.2, 0.25) is 17.7 Å². The van der Waals surface area contributed by atoms with Gasteiger partial charge in [-0.1, -0.05) is 86.6 Å². The first kappa shape index (κ1) is 37.9. The Balaban J connectivity index is 0.848. The molecule has 3 amide bonds. The number of benzene rings is 3. The number of nitrogens with zero attached hydrogens (tertiary/aromatic N) is 6. The third-order valence-corrected chi connectivity index (χ3v) is 11.4. The van der Waals surface area contributed by atoms with E-state index in [1.54, 1.807) is 6.33 Å². The number of carbonyl (C=O) groups is 3. The van der Waals surface area contributed by atoms with Gasteiger partial charge >= 0.3 is 0 Å². The number of piperidine rings is 2. The minimum Gasteiger partial charge on any atom is -0.345 e. The SMILES string of the molecule is Cc1cc(-c2ncnn3cc(-c4ccc(CCN5CCC(c6ccc([C@@H]7CCC(=O)NC7=O)cc6)CC5)cc4)cc23)ccc1CNC(=O)c1noc(C(C)(C)C)n1. The van der Waals surface area contributed by atoms with Crippen LogP contribution < -0.4 is 10.6 Å². The van der Waals surface area contributed by atoms with Crippen LogP contribution in [0.3, 0.4) is 0 Å². The van der Waals surface area contributed by atoms with Gasteiger partial charge in [0, 0.05) is 42.2 Å². The second-order valence-corrected chi connectivity index (χ2v) is 16.4. The van der Waals surface area contributed by atoms with E-state index in [4.69, 9.17) is 4.52 Å². The van der Waals surface area contributed by atoms with Crippen molar-refractivity contribution in [3.05, 3.63) is 125 Å². The van der Waals surface area contributed by atoms with Crippen LogP contribution in [0.2, 0.25) is 0 Å². The highest BCUT2D eigenvalue weighted by Gasteiger charge is 2.29. The summed E-state index contributed by atoms with van der Waals surface area (Å²) >= 11 is 0. The molecule has 12 nitrogen and oxygen atoms in total. The summed E-state index contributed by atoms with van der Waals surface area (Å²) in [6.45, 7) is 11.4. The van der Waals surface area contributed by atoms with Crippen LogP contribution in [-0.4, -0.2) is 67.0 Å². The maximum atomic E-state index is 12.7. The van der Waals surface area contributed by atoms with Gasteiger partial charge in [-0.05, 0) is 97.1 Å². The fourth-order valence-corrected chi connectivity index (χ4v) is 7.88. The van der Waals surface area contributed by atoms with Crippen molar-refractivity contribution in [3.8, 4) is 22.4 Å². The van der Waals surface area contributed by atoms with Crippen molar-refractivity contribution >= 4 is 23.2 Å². The van der Waals surface area contributed by atoms with Crippen LogP contribution in [0.4, 0.5) is 0 Å². The molecule has 2 aliphatic rings. The largest absolute Gasteiger partial charge is 0.345 e. The first-order valence-corrected chi connectivity index (χ1v) is 19.8. The smallest absolute Gasteiger partial charge is 0.292 e. The maximum Gasteiger partial charge on any atom is 0.292 e. The van der Waals surface area contributed by atoms with Crippen molar-refractivity contribution < 1.29 is 18.9 Å². The van der Waals surface area contributed by atoms with E-state index in [1.807, 2.05) is 50.5 Å². The molecule has 3 aromatic carbocycles. The van der Waals surface area contributed by atoms with Gasteiger partial charge in [-0.2, -0.15) is 10.1 Å². The highest BCUT2D eigenvalue weighted by atomic mass is 16.5. The summed E-state index contributed by atoms with van der Waals surface area (Å²) in [5.41, 5.74) is 10.2. The number of aromatic nitrogens is 5. The highest BCUT2D eigenvalue weighted by molar-refractivity contribution is 6.01. The Hall–Kier alpha value is -6.01. The summed E-state index contributed by atoms with van der Waals surface area (Å²) in [4.78, 5) is 48.0. The number of likely N-dealkylation sites (tertiary alicyclic amines) is 1. The van der Waals surface area contributed by atoms with Gasteiger partial charge in [-0.3, -0.25) is 19.7 Å². The lowest BCUT2D eigenvalue weighted by Gasteiger charge is -2.32. The molecular formula is C45H48N8O4. The zero-order valence-electron chi connectivity index (χ0n) is 32.9. The number of nitrogens with one attached hydrogen (secondary N) is 2. The molecule has 292 valence electrons. The number of hydrogen-bond acceptors (Lipinski definition) is 9. The Morgan fingerprint density at radius 1 is 0.912 bits per heavy atom. The van der Waals surface area contributed by atoms with Crippen LogP contribution in [0.25, 0.3) is 27.9 Å². The fraction of sp³-hybridized carbons (Fsp3) is 0.356. The average molecular weight is 765 g/mol. The summed E-state index contributed by atoms with van der Waals surface area (Å²) < 4.78 is 7.15. The van der Waals surface area contributed by atoms with Gasteiger partial charge in [0.25, 0.3) is 11.7 Å². The van der Waals surface area contributed by atoms with E-state index in [-0.39, 0.29) is 34.9 Å². The molecule has 2 N–H and O–H groups in total. The Morgan fingerprint density at radius 3 is 2.35 bits per heavy atom. The van der Waals surface area contributed by atoms with Crippen molar-refractivity contribution in [2.75, 3.05) is 19.6 Å². The molecular weight excluding hydrogens is 717 g/mol. The first-order chi connectivity index (χ1) is 27.5. The Kier molecular flexibility index (Phi) is 10.5. The minimum absolute atomic E-state index is 0.0266. The summed E-state index contributed by atoms with van der Waals surface area (Å²) in [6, 6.07) is 25.6. The lowest BCUT2D eigenvalue weighted by Crippen LogP contribution is -2.39. The van der Waals surface area contributed by atoms with Crippen molar-refractivity contribution in [2.45, 2.75) is 83.6 Å². The normalized spacial score (nSPS) is 16.9. The molecule has 0 unspecified atom stereocenters. The van der Waals surface area contributed by atoms with Crippen molar-refractivity contribution in [1.29, 1.82) is 0 Å². The lowest BCUT2D eigenvalue weighted by atomic mass is 9.86. The molecule has 8 rings (SSSR count). The number of imide groups is 1. The quantitative estimate of drug-likeness (QED) is 0.142. The van der Waals surface area contributed by atoms with Crippen LogP contribution in [0.1, 0.15) is 103 Å². The Labute approximate surface area is 332 Å². The van der Waals surface area contributed by atoms with Crippen molar-refractivity contribution in [1.82, 2.24) is 40.3 Å². The van der Waals surface area contributed by atoms with Crippen molar-refractivity contribution in [2.24, 2.45) is 0 Å². The number of rotatable bonds is 10. The van der Waals surface area contributed by atoms with E-state index in [0.29, 0.717) is 31.2 Å². The van der Waals surface area contributed by atoms with Crippen molar-refractivity contribution in [3.63, 3.8) is 0 Å². The minimum atomic E-state index is -0.380. The topological polar surface area (TPSA) is 148 Å². The molecule has 2 aliphatic heterocycles. The number of fused-ring (bicyclic) bond motifs is 1. The number of hydrogen-bond donors (Lipinski definition) is 2. The van der Waals surface area contributed by atoms with Gasteiger partial charge in [-0.25, -0.2) is 9.50 Å². The van der Waals surface area contributed by atoms with Crippen LogP contribution >= 0.6 is 0 Å². The number of amides is 3. The second-order valence-electron chi connectivity index (χ2n) is 16.4. The lowest BCUT2D eigenvalue weighted by molar-refractivity contribution is -0.134. The van der Waals surface area contributed by atoms with E-state index in [2.05, 4.69) is 96.4 Å². The molecule has 0 bridgehead atoms. The standard InChI is InChI=1S/C45H48N8O4/c1-28-23-34(13-14-35(28)25-46-43(56)41-50-44(57-51-41)45(2,3)4)40-38-24-36(26-53(38)48-27-47-40)31-7-5-29(6-8-31)17-20-52-21-18-32(19-22-52)30-9-11-33(12-10-30)37-15-16-39(54)49-42(37)55/h5-14,23-24,26-27,32,37H,15-22,25H2,1-4H3,(H,46,56)(H,49,54,55)/t37-/m0/s1. The molecule has 5 heterocycles. The molecule has 1 atom stereocenters. The number of aryl methyl sites for hydroxylation is 1. The van der Waals surface area contributed by atoms with Gasteiger partial charge in [0.1, 0.15) is 6.33 Å². The van der Waals surface area contributed by atoms with Crippen LogP contribution in [0.5, 0.6) is 0 Å². The summed E-state index contributed by atoms with van der Waals surface area (Å²) in [5, 5.41) is 13.7. The molecule has 2 saturated heterocycles. The van der Waals surface area contributed by atoms with E-state index in [9.17, 15) is 14.4 Å². The van der Waals surface area contributed by atoms with Gasteiger partial charge in [-0.15, -0.1) is 0 Å². The van der Waals surface area contributed by atoms with Gasteiger partial charge in [0.05, 0.1) is 17.1 Å². The summed E-state index contributed by atoms with van der Waals surface area (Å²) in [7, 11) is 0. The molecule has 0 radical (unpaired) electrons. The molecule has 0 saturated carbocycles. The van der Waals surface area contributed by atoms with E-state index < -0.39 is 0 Å². The fourth-order valence-electron chi connectivity index (χ4n) is 7.88. The van der Waals surface area contributed by atoms with Crippen LogP contribution in [0.15, 0.2) is 89.8 Å². The molecule has 0 spiro atoms. The molecule has 6 aromatic rings. The zero-order valence-corrected chi connectivity index (χ0v) is 32.9. The summed E-state index contributed by atoms with van der Waals surface area (Å²) in [5.74, 6) is -0.00328.